The van der Waals surface area contributed by atoms with E-state index in [1.54, 1.807) is 7.11 Å². The molecule has 0 N–H and O–H groups in total. The third-order valence-corrected chi connectivity index (χ3v) is 20.8. The van der Waals surface area contributed by atoms with Crippen molar-refractivity contribution in [2.75, 3.05) is 13.9 Å². The van der Waals surface area contributed by atoms with E-state index in [1.165, 1.54) is 10.4 Å². The van der Waals surface area contributed by atoms with E-state index in [1.807, 2.05) is 0 Å². The summed E-state index contributed by atoms with van der Waals surface area (Å²) >= 11 is 0. The van der Waals surface area contributed by atoms with Crippen molar-refractivity contribution >= 4 is 32.8 Å². The van der Waals surface area contributed by atoms with Gasteiger partial charge in [-0.1, -0.05) is 102 Å². The minimum Gasteiger partial charge on any atom is -0.414 e. The SMILES string of the molecule is COCO[C@H]1C[C@H]2C(=O)C(O[Si](c3ccccc3)(c3ccccc3)C(C)(C)C)C[C@H]2[C@@H]2C[C@H](O[Si](C)(C)C(C)(C)C)C[C@@H]21. The molecule has 0 radical (unpaired) electrons. The number of hydrogen-bond donors (Lipinski definition) is 0. The second kappa shape index (κ2) is 12.3. The third-order valence-electron chi connectivity index (χ3n) is 11.2. The van der Waals surface area contributed by atoms with Crippen molar-refractivity contribution in [2.24, 2.45) is 23.7 Å². The molecule has 0 saturated heterocycles. The molecule has 0 heterocycles. The first kappa shape index (κ1) is 32.8. The van der Waals surface area contributed by atoms with Crippen molar-refractivity contribution < 1.29 is 23.1 Å². The molecule has 0 aliphatic heterocycles. The molecule has 7 heteroatoms. The summed E-state index contributed by atoms with van der Waals surface area (Å²) in [4.78, 5) is 14.4. The van der Waals surface area contributed by atoms with E-state index < -0.39 is 22.7 Å². The second-order valence-electron chi connectivity index (χ2n) is 15.8. The van der Waals surface area contributed by atoms with E-state index in [-0.39, 0.29) is 40.8 Å². The Hall–Kier alpha value is -1.62. The van der Waals surface area contributed by atoms with Crippen LogP contribution < -0.4 is 10.4 Å². The number of rotatable bonds is 9. The zero-order valence-corrected chi connectivity index (χ0v) is 29.9. The summed E-state index contributed by atoms with van der Waals surface area (Å²) < 4.78 is 26.1. The number of carbonyl (C=O) groups excluding carboxylic acids is 1. The topological polar surface area (TPSA) is 54.0 Å². The van der Waals surface area contributed by atoms with Crippen LogP contribution in [0, 0.1) is 23.7 Å². The molecule has 0 aromatic heterocycles. The largest absolute Gasteiger partial charge is 0.414 e. The molecule has 3 aliphatic rings. The Morgan fingerprint density at radius 3 is 1.79 bits per heavy atom. The first-order valence-corrected chi connectivity index (χ1v) is 21.1. The van der Waals surface area contributed by atoms with Crippen LogP contribution in [0.15, 0.2) is 60.7 Å². The van der Waals surface area contributed by atoms with E-state index in [4.69, 9.17) is 18.3 Å². The average Bonchev–Trinajstić information content (AvgIpc) is 3.50. The molecule has 7 atom stereocenters. The number of Topliss-reactive ketones (excluding diaryl/α,β-unsaturated/α-hetero) is 1. The number of ether oxygens (including phenoxy) is 2. The molecule has 0 amide bonds. The number of benzene rings is 2. The molecular formula is C36H54O5Si2. The van der Waals surface area contributed by atoms with Gasteiger partial charge in [-0.2, -0.15) is 0 Å². The number of fused-ring (bicyclic) bond motifs is 3. The van der Waals surface area contributed by atoms with Crippen LogP contribution in [0.5, 0.6) is 0 Å². The number of hydrogen-bond acceptors (Lipinski definition) is 5. The molecular weight excluding hydrogens is 569 g/mol. The molecule has 5 rings (SSSR count). The van der Waals surface area contributed by atoms with E-state index >= 15 is 0 Å². The maximum absolute atomic E-state index is 14.4. The fourth-order valence-electron chi connectivity index (χ4n) is 8.19. The lowest BCUT2D eigenvalue weighted by Crippen LogP contribution is -2.68. The Bertz CT molecular complexity index is 1200. The fraction of sp³-hybridized carbons (Fsp3) is 0.639. The van der Waals surface area contributed by atoms with Crippen LogP contribution in [0.4, 0.5) is 0 Å². The first-order valence-electron chi connectivity index (χ1n) is 16.3. The van der Waals surface area contributed by atoms with Gasteiger partial charge >= 0.3 is 0 Å². The minimum atomic E-state index is -2.85. The van der Waals surface area contributed by atoms with E-state index in [0.29, 0.717) is 17.8 Å². The monoisotopic (exact) mass is 622 g/mol. The van der Waals surface area contributed by atoms with Gasteiger partial charge in [0.1, 0.15) is 12.9 Å². The molecule has 0 spiro atoms. The van der Waals surface area contributed by atoms with Gasteiger partial charge in [-0.15, -0.1) is 0 Å². The van der Waals surface area contributed by atoms with Crippen molar-refractivity contribution in [1.82, 2.24) is 0 Å². The van der Waals surface area contributed by atoms with Gasteiger partial charge < -0.3 is 18.3 Å². The van der Waals surface area contributed by atoms with Gasteiger partial charge in [-0.25, -0.2) is 0 Å². The Morgan fingerprint density at radius 2 is 1.28 bits per heavy atom. The average molecular weight is 623 g/mol. The lowest BCUT2D eigenvalue weighted by atomic mass is 9.68. The van der Waals surface area contributed by atoms with Crippen LogP contribution >= 0.6 is 0 Å². The summed E-state index contributed by atoms with van der Waals surface area (Å²) in [6.45, 7) is 18.8. The highest BCUT2D eigenvalue weighted by Gasteiger charge is 2.60. The lowest BCUT2D eigenvalue weighted by molar-refractivity contribution is -0.140. The standard InChI is InChI=1S/C36H54O5Si2/c1-35(2,3)42(8,9)40-25-20-28-29-22-33(34(37)31(29)23-32(30(28)21-25)39-24-38-7)41-43(36(4,5)6,26-16-12-10-13-17-26)27-18-14-11-15-19-27/h10-19,25,28-33H,20-24H2,1-9H3/t25-,28-,29-,30-,31+,32-,33?/m0/s1. The third kappa shape index (κ3) is 6.15. The first-order chi connectivity index (χ1) is 20.2. The smallest absolute Gasteiger partial charge is 0.262 e. The van der Waals surface area contributed by atoms with Gasteiger partial charge in [-0.3, -0.25) is 4.79 Å². The molecule has 236 valence electrons. The molecule has 1 unspecified atom stereocenters. The van der Waals surface area contributed by atoms with Crippen LogP contribution in [-0.2, 0) is 23.1 Å². The van der Waals surface area contributed by atoms with Gasteiger partial charge in [0.2, 0.25) is 0 Å². The van der Waals surface area contributed by atoms with Crippen LogP contribution in [0.2, 0.25) is 23.2 Å². The molecule has 3 aliphatic carbocycles. The highest BCUT2D eigenvalue weighted by atomic mass is 28.4. The van der Waals surface area contributed by atoms with Crippen LogP contribution in [0.1, 0.15) is 67.2 Å². The Labute approximate surface area is 262 Å². The minimum absolute atomic E-state index is 0.00906. The van der Waals surface area contributed by atoms with Crippen LogP contribution in [0.25, 0.3) is 0 Å². The number of ketones is 1. The van der Waals surface area contributed by atoms with Crippen molar-refractivity contribution in [1.29, 1.82) is 0 Å². The molecule has 2 aromatic carbocycles. The molecule has 2 aromatic rings. The highest BCUT2D eigenvalue weighted by molar-refractivity contribution is 6.99. The predicted octanol–water partition coefficient (Wildman–Crippen LogP) is 6.95. The highest BCUT2D eigenvalue weighted by Crippen LogP contribution is 2.56. The van der Waals surface area contributed by atoms with Crippen molar-refractivity contribution in [2.45, 2.75) is 109 Å². The summed E-state index contributed by atoms with van der Waals surface area (Å²) in [5, 5.41) is 2.43. The Morgan fingerprint density at radius 1 is 0.721 bits per heavy atom. The van der Waals surface area contributed by atoms with Gasteiger partial charge in [0.25, 0.3) is 8.32 Å². The summed E-state index contributed by atoms with van der Waals surface area (Å²) in [6.07, 6.45) is 3.36. The summed E-state index contributed by atoms with van der Waals surface area (Å²) in [5.74, 6) is 1.31. The zero-order valence-electron chi connectivity index (χ0n) is 27.9. The summed E-state index contributed by atoms with van der Waals surface area (Å²) in [7, 11) is -3.09. The fourth-order valence-corrected chi connectivity index (χ4v) is 14.2. The summed E-state index contributed by atoms with van der Waals surface area (Å²) in [6, 6.07) is 21.4. The molecule has 3 fully saturated rings. The lowest BCUT2D eigenvalue weighted by Gasteiger charge is -2.44. The van der Waals surface area contributed by atoms with Gasteiger partial charge in [-0.05, 0) is 77.0 Å². The predicted molar refractivity (Wildman–Crippen MR) is 179 cm³/mol. The molecule has 43 heavy (non-hydrogen) atoms. The maximum atomic E-state index is 14.4. The molecule has 5 nitrogen and oxygen atoms in total. The molecule has 3 saturated carbocycles. The van der Waals surface area contributed by atoms with Gasteiger partial charge in [0, 0.05) is 19.1 Å². The zero-order chi connectivity index (χ0) is 31.2. The van der Waals surface area contributed by atoms with Crippen molar-refractivity contribution in [3.63, 3.8) is 0 Å². The Kier molecular flexibility index (Phi) is 9.37. The van der Waals surface area contributed by atoms with Gasteiger partial charge in [0.05, 0.1) is 6.10 Å². The summed E-state index contributed by atoms with van der Waals surface area (Å²) in [5.41, 5.74) is 0. The number of methoxy groups -OCH3 is 1. The van der Waals surface area contributed by atoms with E-state index in [2.05, 4.69) is 115 Å². The molecule has 0 bridgehead atoms. The van der Waals surface area contributed by atoms with Crippen molar-refractivity contribution in [3.05, 3.63) is 60.7 Å². The Balaban J connectivity index is 1.48. The second-order valence-corrected chi connectivity index (χ2v) is 24.8. The van der Waals surface area contributed by atoms with Crippen LogP contribution in [-0.4, -0.2) is 54.6 Å². The maximum Gasteiger partial charge on any atom is 0.262 e. The normalized spacial score (nSPS) is 29.9. The quantitative estimate of drug-likeness (QED) is 0.224. The van der Waals surface area contributed by atoms with E-state index in [9.17, 15) is 4.79 Å². The van der Waals surface area contributed by atoms with E-state index in [0.717, 1.165) is 25.7 Å². The number of carbonyl (C=O) groups is 1. The van der Waals surface area contributed by atoms with Crippen molar-refractivity contribution in [3.8, 4) is 0 Å². The van der Waals surface area contributed by atoms with Crippen LogP contribution in [0.3, 0.4) is 0 Å². The van der Waals surface area contributed by atoms with Gasteiger partial charge in [0.15, 0.2) is 14.1 Å².